The minimum absolute atomic E-state index is 0.441. The zero-order valence-electron chi connectivity index (χ0n) is 7.57. The molecule has 0 saturated carbocycles. The highest BCUT2D eigenvalue weighted by Crippen LogP contribution is 2.21. The van der Waals surface area contributed by atoms with E-state index in [0.29, 0.717) is 18.4 Å². The molecule has 1 aromatic rings. The van der Waals surface area contributed by atoms with Crippen LogP contribution in [0.4, 0.5) is 0 Å². The quantitative estimate of drug-likeness (QED) is 0.731. The van der Waals surface area contributed by atoms with E-state index in [4.69, 9.17) is 5.73 Å². The van der Waals surface area contributed by atoms with Gasteiger partial charge in [-0.15, -0.1) is 0 Å². The Morgan fingerprint density at radius 1 is 1.33 bits per heavy atom. The Morgan fingerprint density at radius 2 is 1.92 bits per heavy atom. The van der Waals surface area contributed by atoms with Crippen LogP contribution in [0.5, 0.6) is 0 Å². The molecule has 1 rings (SSSR count). The van der Waals surface area contributed by atoms with Crippen molar-refractivity contribution in [2.24, 2.45) is 11.7 Å². The molecule has 12 heavy (non-hydrogen) atoms. The molecule has 3 heteroatoms. The van der Waals surface area contributed by atoms with E-state index in [1.165, 1.54) is 0 Å². The van der Waals surface area contributed by atoms with Gasteiger partial charge in [-0.3, -0.25) is 0 Å². The Labute approximate surface area is 73.0 Å². The highest BCUT2D eigenvalue weighted by atomic mass is 14.8. The maximum atomic E-state index is 5.57. The first-order valence-corrected chi connectivity index (χ1v) is 4.20. The van der Waals surface area contributed by atoms with Crippen LogP contribution >= 0.6 is 0 Å². The minimum atomic E-state index is 0.441. The molecule has 66 valence electrons. The zero-order valence-corrected chi connectivity index (χ0v) is 7.57. The first-order valence-electron chi connectivity index (χ1n) is 4.20. The van der Waals surface area contributed by atoms with Crippen molar-refractivity contribution in [1.29, 1.82) is 0 Å². The van der Waals surface area contributed by atoms with Crippen LogP contribution in [0, 0.1) is 5.92 Å². The second kappa shape index (κ2) is 4.16. The van der Waals surface area contributed by atoms with Gasteiger partial charge in [0.25, 0.3) is 0 Å². The van der Waals surface area contributed by atoms with Crippen molar-refractivity contribution in [2.45, 2.75) is 19.8 Å². The summed E-state index contributed by atoms with van der Waals surface area (Å²) in [6.45, 7) is 4.99. The predicted molar refractivity (Wildman–Crippen MR) is 48.7 cm³/mol. The van der Waals surface area contributed by atoms with Gasteiger partial charge in [0.2, 0.25) is 0 Å². The van der Waals surface area contributed by atoms with Gasteiger partial charge >= 0.3 is 0 Å². The lowest BCUT2D eigenvalue weighted by Gasteiger charge is -2.17. The van der Waals surface area contributed by atoms with E-state index in [1.807, 2.05) is 12.4 Å². The van der Waals surface area contributed by atoms with Crippen molar-refractivity contribution < 1.29 is 0 Å². The summed E-state index contributed by atoms with van der Waals surface area (Å²) in [6.07, 6.45) is 5.25. The average Bonchev–Trinajstić information content (AvgIpc) is 2.17. The van der Waals surface area contributed by atoms with Crippen molar-refractivity contribution in [3.05, 3.63) is 24.3 Å². The molecule has 2 unspecified atom stereocenters. The van der Waals surface area contributed by atoms with Crippen LogP contribution in [0.25, 0.3) is 0 Å². The van der Waals surface area contributed by atoms with Crippen LogP contribution in [-0.2, 0) is 0 Å². The summed E-state index contributed by atoms with van der Waals surface area (Å²) in [5, 5.41) is 0. The highest BCUT2D eigenvalue weighted by molar-refractivity contribution is 5.09. The summed E-state index contributed by atoms with van der Waals surface area (Å²) in [4.78, 5) is 7.94. The van der Waals surface area contributed by atoms with Crippen molar-refractivity contribution in [3.8, 4) is 0 Å². The maximum Gasteiger partial charge on any atom is 0.115 e. The van der Waals surface area contributed by atoms with Crippen LogP contribution in [-0.4, -0.2) is 16.5 Å². The lowest BCUT2D eigenvalue weighted by Crippen LogP contribution is -2.17. The van der Waals surface area contributed by atoms with Gasteiger partial charge in [0.05, 0.1) is 0 Å². The Morgan fingerprint density at radius 3 is 2.42 bits per heavy atom. The van der Waals surface area contributed by atoms with Gasteiger partial charge < -0.3 is 5.73 Å². The number of hydrogen-bond donors (Lipinski definition) is 1. The van der Waals surface area contributed by atoms with Gasteiger partial charge in [0.1, 0.15) is 6.33 Å². The molecule has 1 heterocycles. The van der Waals surface area contributed by atoms with E-state index in [-0.39, 0.29) is 0 Å². The number of nitrogens with zero attached hydrogens (tertiary/aromatic N) is 2. The monoisotopic (exact) mass is 165 g/mol. The SMILES string of the molecule is CC(CN)C(C)c1cncnc1. The molecule has 2 N–H and O–H groups in total. The summed E-state index contributed by atoms with van der Waals surface area (Å²) in [7, 11) is 0. The Kier molecular flexibility index (Phi) is 3.17. The molecule has 0 aliphatic rings. The highest BCUT2D eigenvalue weighted by Gasteiger charge is 2.12. The number of hydrogen-bond acceptors (Lipinski definition) is 3. The third-order valence-electron chi connectivity index (χ3n) is 2.33. The molecule has 2 atom stereocenters. The van der Waals surface area contributed by atoms with E-state index in [1.54, 1.807) is 6.33 Å². The summed E-state index contributed by atoms with van der Waals surface area (Å²) in [5.41, 5.74) is 6.73. The molecular formula is C9H15N3. The van der Waals surface area contributed by atoms with Crippen molar-refractivity contribution in [1.82, 2.24) is 9.97 Å². The van der Waals surface area contributed by atoms with Gasteiger partial charge in [0.15, 0.2) is 0 Å². The number of aromatic nitrogens is 2. The fraction of sp³-hybridized carbons (Fsp3) is 0.556. The minimum Gasteiger partial charge on any atom is -0.330 e. The molecular weight excluding hydrogens is 150 g/mol. The summed E-state index contributed by atoms with van der Waals surface area (Å²) in [5.74, 6) is 0.923. The molecule has 0 aliphatic carbocycles. The van der Waals surface area contributed by atoms with Crippen LogP contribution < -0.4 is 5.73 Å². The lowest BCUT2D eigenvalue weighted by atomic mass is 9.91. The summed E-state index contributed by atoms with van der Waals surface area (Å²) in [6, 6.07) is 0. The van der Waals surface area contributed by atoms with Crippen LogP contribution in [0.1, 0.15) is 25.3 Å². The molecule has 3 nitrogen and oxygen atoms in total. The van der Waals surface area contributed by atoms with Crippen LogP contribution in [0.15, 0.2) is 18.7 Å². The van der Waals surface area contributed by atoms with Gasteiger partial charge in [0, 0.05) is 12.4 Å². The molecule has 0 fully saturated rings. The zero-order chi connectivity index (χ0) is 8.97. The molecule has 0 aliphatic heterocycles. The second-order valence-electron chi connectivity index (χ2n) is 3.17. The predicted octanol–water partition coefficient (Wildman–Crippen LogP) is 1.17. The number of rotatable bonds is 3. The first kappa shape index (κ1) is 9.13. The van der Waals surface area contributed by atoms with Crippen LogP contribution in [0.3, 0.4) is 0 Å². The second-order valence-corrected chi connectivity index (χ2v) is 3.17. The Bertz CT molecular complexity index is 222. The normalized spacial score (nSPS) is 15.6. The summed E-state index contributed by atoms with van der Waals surface area (Å²) >= 11 is 0. The van der Waals surface area contributed by atoms with Gasteiger partial charge in [-0.1, -0.05) is 13.8 Å². The van der Waals surface area contributed by atoms with E-state index in [0.717, 1.165) is 5.56 Å². The fourth-order valence-corrected chi connectivity index (χ4v) is 1.08. The van der Waals surface area contributed by atoms with Gasteiger partial charge in [-0.2, -0.15) is 0 Å². The third kappa shape index (κ3) is 2.01. The molecule has 0 spiro atoms. The van der Waals surface area contributed by atoms with Crippen molar-refractivity contribution in [3.63, 3.8) is 0 Å². The third-order valence-corrected chi connectivity index (χ3v) is 2.33. The van der Waals surface area contributed by atoms with Crippen LogP contribution in [0.2, 0.25) is 0 Å². The topological polar surface area (TPSA) is 51.8 Å². The van der Waals surface area contributed by atoms with Gasteiger partial charge in [-0.25, -0.2) is 9.97 Å². The van der Waals surface area contributed by atoms with E-state index in [9.17, 15) is 0 Å². The molecule has 0 radical (unpaired) electrons. The lowest BCUT2D eigenvalue weighted by molar-refractivity contribution is 0.496. The molecule has 0 saturated heterocycles. The first-order chi connectivity index (χ1) is 5.75. The Balaban J connectivity index is 2.71. The molecule has 0 bridgehead atoms. The molecule has 0 amide bonds. The van der Waals surface area contributed by atoms with E-state index >= 15 is 0 Å². The van der Waals surface area contributed by atoms with Gasteiger partial charge in [-0.05, 0) is 23.9 Å². The fourth-order valence-electron chi connectivity index (χ4n) is 1.08. The smallest absolute Gasteiger partial charge is 0.115 e. The Hall–Kier alpha value is -0.960. The standard InChI is InChI=1S/C9H15N3/c1-7(3-10)8(2)9-4-11-6-12-5-9/h4-8H,3,10H2,1-2H3. The average molecular weight is 165 g/mol. The number of nitrogens with two attached hydrogens (primary N) is 1. The van der Waals surface area contributed by atoms with Crippen molar-refractivity contribution in [2.75, 3.05) is 6.54 Å². The molecule has 1 aromatic heterocycles. The molecule has 0 aromatic carbocycles. The maximum absolute atomic E-state index is 5.57. The van der Waals surface area contributed by atoms with E-state index in [2.05, 4.69) is 23.8 Å². The van der Waals surface area contributed by atoms with E-state index < -0.39 is 0 Å². The summed E-state index contributed by atoms with van der Waals surface area (Å²) < 4.78 is 0. The van der Waals surface area contributed by atoms with Crippen molar-refractivity contribution >= 4 is 0 Å². The largest absolute Gasteiger partial charge is 0.330 e.